The first-order valence-electron chi connectivity index (χ1n) is 6.88. The van der Waals surface area contributed by atoms with Gasteiger partial charge in [0.25, 0.3) is 0 Å². The zero-order valence-electron chi connectivity index (χ0n) is 12.5. The van der Waals surface area contributed by atoms with E-state index in [0.29, 0.717) is 11.4 Å². The molecule has 1 aromatic carbocycles. The highest BCUT2D eigenvalue weighted by Gasteiger charge is 2.10. The van der Waals surface area contributed by atoms with Crippen LogP contribution in [0.25, 0.3) is 0 Å². The van der Waals surface area contributed by atoms with E-state index in [1.54, 1.807) is 12.1 Å². The van der Waals surface area contributed by atoms with E-state index in [1.807, 2.05) is 19.9 Å². The number of carbonyl (C=O) groups excluding carboxylic acids is 2. The smallest absolute Gasteiger partial charge is 0.319 e. The molecule has 1 atom stereocenters. The Hall–Kier alpha value is -2.04. The first-order valence-corrected chi connectivity index (χ1v) is 6.88. The third-order valence-corrected chi connectivity index (χ3v) is 2.99. The zero-order chi connectivity index (χ0) is 15.1. The fraction of sp³-hybridized carbons (Fsp3) is 0.467. The Morgan fingerprint density at radius 1 is 1.20 bits per heavy atom. The van der Waals surface area contributed by atoms with E-state index in [9.17, 15) is 9.59 Å². The van der Waals surface area contributed by atoms with Gasteiger partial charge in [-0.15, -0.1) is 0 Å². The van der Waals surface area contributed by atoms with Crippen LogP contribution in [0.15, 0.2) is 18.2 Å². The Kier molecular flexibility index (Phi) is 6.03. The van der Waals surface area contributed by atoms with Crippen molar-refractivity contribution in [1.82, 2.24) is 5.32 Å². The van der Waals surface area contributed by atoms with Gasteiger partial charge in [-0.3, -0.25) is 4.79 Å². The second kappa shape index (κ2) is 7.53. The molecule has 1 rings (SSSR count). The topological polar surface area (TPSA) is 70.2 Å². The summed E-state index contributed by atoms with van der Waals surface area (Å²) in [5, 5.41) is 8.43. The normalized spacial score (nSPS) is 11.6. The minimum Gasteiger partial charge on any atom is -0.335 e. The molecule has 0 fully saturated rings. The number of carbonyl (C=O) groups is 2. The molecule has 0 saturated carbocycles. The summed E-state index contributed by atoms with van der Waals surface area (Å²) < 4.78 is 0. The van der Waals surface area contributed by atoms with Crippen molar-refractivity contribution in [1.29, 1.82) is 0 Å². The molecule has 0 aliphatic heterocycles. The highest BCUT2D eigenvalue weighted by Crippen LogP contribution is 2.23. The van der Waals surface area contributed by atoms with Gasteiger partial charge in [0.1, 0.15) is 0 Å². The van der Waals surface area contributed by atoms with Gasteiger partial charge in [0.15, 0.2) is 0 Å². The summed E-state index contributed by atoms with van der Waals surface area (Å²) in [6.07, 6.45) is 1.97. The molecule has 1 unspecified atom stereocenters. The van der Waals surface area contributed by atoms with Crippen LogP contribution in [0.5, 0.6) is 0 Å². The minimum atomic E-state index is -0.228. The largest absolute Gasteiger partial charge is 0.335 e. The van der Waals surface area contributed by atoms with Gasteiger partial charge in [-0.05, 0) is 38.0 Å². The lowest BCUT2D eigenvalue weighted by Gasteiger charge is -2.16. The van der Waals surface area contributed by atoms with Gasteiger partial charge in [-0.25, -0.2) is 4.79 Å². The van der Waals surface area contributed by atoms with Crippen molar-refractivity contribution in [3.05, 3.63) is 23.8 Å². The van der Waals surface area contributed by atoms with Crippen LogP contribution in [-0.4, -0.2) is 18.0 Å². The van der Waals surface area contributed by atoms with E-state index in [1.165, 1.54) is 6.92 Å². The predicted molar refractivity (Wildman–Crippen MR) is 82.0 cm³/mol. The molecule has 0 aromatic heterocycles. The van der Waals surface area contributed by atoms with E-state index >= 15 is 0 Å². The molecule has 3 N–H and O–H groups in total. The monoisotopic (exact) mass is 277 g/mol. The summed E-state index contributed by atoms with van der Waals surface area (Å²) in [4.78, 5) is 23.0. The predicted octanol–water partition coefficient (Wildman–Crippen LogP) is 3.26. The van der Waals surface area contributed by atoms with Crippen molar-refractivity contribution < 1.29 is 9.59 Å². The summed E-state index contributed by atoms with van der Waals surface area (Å²) in [7, 11) is 0. The maximum Gasteiger partial charge on any atom is 0.319 e. The van der Waals surface area contributed by atoms with Crippen LogP contribution >= 0.6 is 0 Å². The standard InChI is InChI=1S/C15H23N3O2/c1-5-7-10(2)16-15(20)18-14-9-6-8-13(11(14)3)17-12(4)19/h6,8-10H,5,7H2,1-4H3,(H,17,19)(H2,16,18,20). The minimum absolute atomic E-state index is 0.133. The van der Waals surface area contributed by atoms with Crippen LogP contribution in [0, 0.1) is 6.92 Å². The third-order valence-electron chi connectivity index (χ3n) is 2.99. The van der Waals surface area contributed by atoms with Gasteiger partial charge < -0.3 is 16.0 Å². The lowest BCUT2D eigenvalue weighted by molar-refractivity contribution is -0.114. The average molecular weight is 277 g/mol. The Morgan fingerprint density at radius 2 is 1.80 bits per heavy atom. The lowest BCUT2D eigenvalue weighted by Crippen LogP contribution is -2.36. The summed E-state index contributed by atoms with van der Waals surface area (Å²) in [6, 6.07) is 5.32. The lowest BCUT2D eigenvalue weighted by atomic mass is 10.1. The maximum absolute atomic E-state index is 11.9. The number of hydrogen-bond donors (Lipinski definition) is 3. The van der Waals surface area contributed by atoms with E-state index in [-0.39, 0.29) is 18.0 Å². The van der Waals surface area contributed by atoms with Gasteiger partial charge in [0.05, 0.1) is 0 Å². The van der Waals surface area contributed by atoms with Crippen LogP contribution in [0.4, 0.5) is 16.2 Å². The van der Waals surface area contributed by atoms with Crippen LogP contribution in [-0.2, 0) is 4.79 Å². The quantitative estimate of drug-likeness (QED) is 0.773. The zero-order valence-corrected chi connectivity index (χ0v) is 12.5. The fourth-order valence-electron chi connectivity index (χ4n) is 1.98. The first kappa shape index (κ1) is 16.0. The second-order valence-corrected chi connectivity index (χ2v) is 4.95. The van der Waals surface area contributed by atoms with Gasteiger partial charge in [-0.2, -0.15) is 0 Å². The molecule has 3 amide bonds. The van der Waals surface area contributed by atoms with E-state index in [4.69, 9.17) is 0 Å². The molecular weight excluding hydrogens is 254 g/mol. The van der Waals surface area contributed by atoms with Crippen molar-refractivity contribution in [2.45, 2.75) is 46.6 Å². The first-order chi connectivity index (χ1) is 9.43. The van der Waals surface area contributed by atoms with Gasteiger partial charge in [0, 0.05) is 24.3 Å². The average Bonchev–Trinajstić information content (AvgIpc) is 2.33. The summed E-state index contributed by atoms with van der Waals surface area (Å²) >= 11 is 0. The van der Waals surface area contributed by atoms with Gasteiger partial charge in [-0.1, -0.05) is 19.4 Å². The molecule has 0 saturated heterocycles. The molecule has 5 nitrogen and oxygen atoms in total. The van der Waals surface area contributed by atoms with Gasteiger partial charge in [0.2, 0.25) is 5.91 Å². The summed E-state index contributed by atoms with van der Waals surface area (Å²) in [5.74, 6) is -0.133. The molecule has 20 heavy (non-hydrogen) atoms. The number of amides is 3. The van der Waals surface area contributed by atoms with Crippen molar-refractivity contribution in [3.63, 3.8) is 0 Å². The Bertz CT molecular complexity index is 486. The van der Waals surface area contributed by atoms with Crippen LogP contribution in [0.1, 0.15) is 39.2 Å². The molecule has 1 aromatic rings. The van der Waals surface area contributed by atoms with E-state index in [2.05, 4.69) is 22.9 Å². The van der Waals surface area contributed by atoms with E-state index in [0.717, 1.165) is 18.4 Å². The molecule has 0 aliphatic rings. The molecule has 0 aliphatic carbocycles. The molecule has 0 bridgehead atoms. The molecule has 110 valence electrons. The Labute approximate surface area is 120 Å². The Balaban J connectivity index is 2.72. The molecule has 0 heterocycles. The summed E-state index contributed by atoms with van der Waals surface area (Å²) in [6.45, 7) is 7.37. The molecular formula is C15H23N3O2. The molecule has 5 heteroatoms. The van der Waals surface area contributed by atoms with Crippen molar-refractivity contribution in [2.24, 2.45) is 0 Å². The molecule has 0 radical (unpaired) electrons. The fourth-order valence-corrected chi connectivity index (χ4v) is 1.98. The van der Waals surface area contributed by atoms with Crippen molar-refractivity contribution in [2.75, 3.05) is 10.6 Å². The van der Waals surface area contributed by atoms with E-state index < -0.39 is 0 Å². The number of anilines is 2. The van der Waals surface area contributed by atoms with Gasteiger partial charge >= 0.3 is 6.03 Å². The van der Waals surface area contributed by atoms with Crippen LogP contribution in [0.2, 0.25) is 0 Å². The molecule has 0 spiro atoms. The second-order valence-electron chi connectivity index (χ2n) is 4.95. The SMILES string of the molecule is CCCC(C)NC(=O)Nc1cccc(NC(C)=O)c1C. The highest BCUT2D eigenvalue weighted by atomic mass is 16.2. The number of benzene rings is 1. The number of rotatable bonds is 5. The maximum atomic E-state index is 11.9. The highest BCUT2D eigenvalue weighted by molar-refractivity contribution is 5.94. The van der Waals surface area contributed by atoms with Crippen LogP contribution in [0.3, 0.4) is 0 Å². The number of urea groups is 1. The van der Waals surface area contributed by atoms with Crippen molar-refractivity contribution >= 4 is 23.3 Å². The number of hydrogen-bond acceptors (Lipinski definition) is 2. The van der Waals surface area contributed by atoms with Crippen molar-refractivity contribution in [3.8, 4) is 0 Å². The number of nitrogens with one attached hydrogen (secondary N) is 3. The Morgan fingerprint density at radius 3 is 2.35 bits per heavy atom. The van der Waals surface area contributed by atoms with Crippen LogP contribution < -0.4 is 16.0 Å². The summed E-state index contributed by atoms with van der Waals surface area (Å²) in [5.41, 5.74) is 2.23. The third kappa shape index (κ3) is 4.91.